The van der Waals surface area contributed by atoms with E-state index < -0.39 is 17.6 Å². The molecule has 0 atom stereocenters. The normalized spacial score (nSPS) is 13.7. The summed E-state index contributed by atoms with van der Waals surface area (Å²) in [6.07, 6.45) is 0. The molecule has 6 heteroatoms. The number of hydrogen-bond donors (Lipinski definition) is 1. The van der Waals surface area contributed by atoms with Crippen LogP contribution in [0.5, 0.6) is 5.75 Å². The van der Waals surface area contributed by atoms with Crippen molar-refractivity contribution < 1.29 is 18.7 Å². The molecule has 0 saturated heterocycles. The Morgan fingerprint density at radius 3 is 2.34 bits per heavy atom. The predicted molar refractivity (Wildman–Crippen MR) is 123 cm³/mol. The second kappa shape index (κ2) is 8.67. The number of halogens is 1. The number of anilines is 2. The lowest BCUT2D eigenvalue weighted by Crippen LogP contribution is -2.32. The maximum Gasteiger partial charge on any atom is 0.282 e. The molecule has 0 saturated carbocycles. The Kier molecular flexibility index (Phi) is 5.77. The number of hydrogen-bond acceptors (Lipinski definition) is 4. The minimum Gasteiger partial charge on any atom is -0.492 e. The van der Waals surface area contributed by atoms with Gasteiger partial charge in [0, 0.05) is 0 Å². The standard InChI is InChI=1S/C26H23FN2O3/c1-4-32-22-8-6-5-7-21(22)28-24-23(20-14-9-16(2)15-17(20)3)25(30)29(26(24)31)19-12-10-18(27)11-13-19/h5-15,28H,4H2,1-3H3. The van der Waals surface area contributed by atoms with E-state index in [0.29, 0.717) is 29.3 Å². The number of ether oxygens (including phenoxy) is 1. The third kappa shape index (κ3) is 3.87. The van der Waals surface area contributed by atoms with E-state index in [1.165, 1.54) is 24.3 Å². The lowest BCUT2D eigenvalue weighted by molar-refractivity contribution is -0.120. The van der Waals surface area contributed by atoms with E-state index >= 15 is 0 Å². The largest absolute Gasteiger partial charge is 0.492 e. The Morgan fingerprint density at radius 1 is 0.938 bits per heavy atom. The lowest BCUT2D eigenvalue weighted by atomic mass is 9.97. The molecule has 5 nitrogen and oxygen atoms in total. The summed E-state index contributed by atoms with van der Waals surface area (Å²) >= 11 is 0. The van der Waals surface area contributed by atoms with Gasteiger partial charge >= 0.3 is 0 Å². The minimum atomic E-state index is -0.511. The van der Waals surface area contributed by atoms with E-state index in [0.717, 1.165) is 16.0 Å². The van der Waals surface area contributed by atoms with Crippen LogP contribution in [0.15, 0.2) is 72.4 Å². The first kappa shape index (κ1) is 21.3. The second-order valence-corrected chi connectivity index (χ2v) is 7.54. The predicted octanol–water partition coefficient (Wildman–Crippen LogP) is 5.24. The van der Waals surface area contributed by atoms with Gasteiger partial charge in [0.15, 0.2) is 0 Å². The summed E-state index contributed by atoms with van der Waals surface area (Å²) in [4.78, 5) is 28.1. The molecule has 162 valence electrons. The maximum absolute atomic E-state index is 13.5. The molecule has 0 unspecified atom stereocenters. The SMILES string of the molecule is CCOc1ccccc1NC1=C(c2ccc(C)cc2C)C(=O)N(c2ccc(F)cc2)C1=O. The zero-order valence-electron chi connectivity index (χ0n) is 18.1. The summed E-state index contributed by atoms with van der Waals surface area (Å²) in [6, 6.07) is 18.2. The summed E-state index contributed by atoms with van der Waals surface area (Å²) in [6.45, 7) is 6.20. The van der Waals surface area contributed by atoms with Crippen molar-refractivity contribution in [2.24, 2.45) is 0 Å². The first-order chi connectivity index (χ1) is 15.4. The van der Waals surface area contributed by atoms with Crippen LogP contribution in [0.2, 0.25) is 0 Å². The molecule has 4 rings (SSSR count). The van der Waals surface area contributed by atoms with Gasteiger partial charge < -0.3 is 10.1 Å². The van der Waals surface area contributed by atoms with Gasteiger partial charge in [0.25, 0.3) is 11.8 Å². The van der Waals surface area contributed by atoms with Crippen LogP contribution in [0.3, 0.4) is 0 Å². The number of carbonyl (C=O) groups excluding carboxylic acids is 2. The van der Waals surface area contributed by atoms with E-state index in [1.54, 1.807) is 12.1 Å². The quantitative estimate of drug-likeness (QED) is 0.544. The molecule has 0 aliphatic carbocycles. The molecule has 0 spiro atoms. The molecule has 3 aromatic carbocycles. The smallest absolute Gasteiger partial charge is 0.282 e. The van der Waals surface area contributed by atoms with Gasteiger partial charge in [-0.1, -0.05) is 35.9 Å². The van der Waals surface area contributed by atoms with Crippen LogP contribution < -0.4 is 15.0 Å². The van der Waals surface area contributed by atoms with Crippen molar-refractivity contribution >= 4 is 28.8 Å². The van der Waals surface area contributed by atoms with Gasteiger partial charge in [-0.25, -0.2) is 9.29 Å². The van der Waals surface area contributed by atoms with Crippen LogP contribution in [-0.2, 0) is 9.59 Å². The van der Waals surface area contributed by atoms with Crippen molar-refractivity contribution in [2.75, 3.05) is 16.8 Å². The van der Waals surface area contributed by atoms with Crippen molar-refractivity contribution in [3.63, 3.8) is 0 Å². The van der Waals surface area contributed by atoms with Crippen molar-refractivity contribution in [1.82, 2.24) is 0 Å². The number of carbonyl (C=O) groups is 2. The second-order valence-electron chi connectivity index (χ2n) is 7.54. The van der Waals surface area contributed by atoms with Gasteiger partial charge in [0.2, 0.25) is 0 Å². The Morgan fingerprint density at radius 2 is 1.66 bits per heavy atom. The van der Waals surface area contributed by atoms with E-state index in [1.807, 2.05) is 51.1 Å². The number of benzene rings is 3. The van der Waals surface area contributed by atoms with Gasteiger partial charge in [-0.3, -0.25) is 9.59 Å². The zero-order valence-corrected chi connectivity index (χ0v) is 18.1. The van der Waals surface area contributed by atoms with Crippen molar-refractivity contribution in [1.29, 1.82) is 0 Å². The number of aryl methyl sites for hydroxylation is 2. The highest BCUT2D eigenvalue weighted by Crippen LogP contribution is 2.36. The highest BCUT2D eigenvalue weighted by atomic mass is 19.1. The Balaban J connectivity index is 1.86. The number of amides is 2. The topological polar surface area (TPSA) is 58.6 Å². The third-order valence-electron chi connectivity index (χ3n) is 5.27. The van der Waals surface area contributed by atoms with Crippen molar-refractivity contribution in [2.45, 2.75) is 20.8 Å². The zero-order chi connectivity index (χ0) is 22.8. The molecule has 3 aromatic rings. The van der Waals surface area contributed by atoms with Crippen LogP contribution >= 0.6 is 0 Å². The molecular weight excluding hydrogens is 407 g/mol. The number of imide groups is 1. The molecule has 0 bridgehead atoms. The van der Waals surface area contributed by atoms with Crippen LogP contribution in [0, 0.1) is 19.7 Å². The molecule has 0 aromatic heterocycles. The van der Waals surface area contributed by atoms with Crippen LogP contribution in [0.4, 0.5) is 15.8 Å². The summed E-state index contributed by atoms with van der Waals surface area (Å²) in [5.74, 6) is -0.852. The van der Waals surface area contributed by atoms with Gasteiger partial charge in [0.1, 0.15) is 17.3 Å². The summed E-state index contributed by atoms with van der Waals surface area (Å²) in [5.41, 5.74) is 3.89. The first-order valence-corrected chi connectivity index (χ1v) is 10.4. The number of nitrogens with zero attached hydrogens (tertiary/aromatic N) is 1. The summed E-state index contributed by atoms with van der Waals surface area (Å²) in [7, 11) is 0. The number of para-hydroxylation sites is 2. The van der Waals surface area contributed by atoms with Crippen molar-refractivity contribution in [3.8, 4) is 5.75 Å². The average Bonchev–Trinajstić information content (AvgIpc) is 3.00. The molecule has 32 heavy (non-hydrogen) atoms. The van der Waals surface area contributed by atoms with Crippen LogP contribution in [-0.4, -0.2) is 18.4 Å². The van der Waals surface area contributed by atoms with Crippen molar-refractivity contribution in [3.05, 3.63) is 94.9 Å². The summed E-state index contributed by atoms with van der Waals surface area (Å²) in [5, 5.41) is 3.14. The first-order valence-electron chi connectivity index (χ1n) is 10.4. The van der Waals surface area contributed by atoms with Gasteiger partial charge in [-0.15, -0.1) is 0 Å². The van der Waals surface area contributed by atoms with E-state index in [-0.39, 0.29) is 11.3 Å². The van der Waals surface area contributed by atoms with E-state index in [4.69, 9.17) is 4.74 Å². The maximum atomic E-state index is 13.5. The Bertz CT molecular complexity index is 1230. The molecule has 0 fully saturated rings. The molecule has 1 aliphatic heterocycles. The molecule has 2 amide bonds. The third-order valence-corrected chi connectivity index (χ3v) is 5.27. The van der Waals surface area contributed by atoms with Gasteiger partial charge in [-0.05, 0) is 68.3 Å². The van der Waals surface area contributed by atoms with E-state index in [2.05, 4.69) is 5.32 Å². The monoisotopic (exact) mass is 430 g/mol. The number of rotatable bonds is 6. The molecule has 1 aliphatic rings. The average molecular weight is 430 g/mol. The fourth-order valence-corrected chi connectivity index (χ4v) is 3.80. The van der Waals surface area contributed by atoms with E-state index in [9.17, 15) is 14.0 Å². The molecule has 0 radical (unpaired) electrons. The minimum absolute atomic E-state index is 0.151. The summed E-state index contributed by atoms with van der Waals surface area (Å²) < 4.78 is 19.1. The number of nitrogens with one attached hydrogen (secondary N) is 1. The lowest BCUT2D eigenvalue weighted by Gasteiger charge is -2.16. The van der Waals surface area contributed by atoms with Crippen LogP contribution in [0.25, 0.3) is 5.57 Å². The Hall–Kier alpha value is -3.93. The van der Waals surface area contributed by atoms with Gasteiger partial charge in [0.05, 0.1) is 23.6 Å². The highest BCUT2D eigenvalue weighted by molar-refractivity contribution is 6.46. The Labute approximate surface area is 186 Å². The molecular formula is C26H23FN2O3. The molecule has 1 heterocycles. The van der Waals surface area contributed by atoms with Crippen LogP contribution in [0.1, 0.15) is 23.6 Å². The molecule has 1 N–H and O–H groups in total. The van der Waals surface area contributed by atoms with Gasteiger partial charge in [-0.2, -0.15) is 0 Å². The highest BCUT2D eigenvalue weighted by Gasteiger charge is 2.41. The fourth-order valence-electron chi connectivity index (χ4n) is 3.80. The fraction of sp³-hybridized carbons (Fsp3) is 0.154.